The smallest absolute Gasteiger partial charge is 0.0950 e. The number of hydrogen-bond acceptors (Lipinski definition) is 3. The Kier molecular flexibility index (Phi) is 7.02. The fourth-order valence-corrected chi connectivity index (χ4v) is 1.79. The van der Waals surface area contributed by atoms with Crippen molar-refractivity contribution < 1.29 is 4.42 Å². The van der Waals surface area contributed by atoms with Gasteiger partial charge in [0.2, 0.25) is 0 Å². The van der Waals surface area contributed by atoms with Crippen molar-refractivity contribution in [1.82, 2.24) is 10.2 Å². The third-order valence-electron chi connectivity index (χ3n) is 2.72. The van der Waals surface area contributed by atoms with E-state index in [0.29, 0.717) is 6.04 Å². The average molecular weight is 253 g/mol. The first-order valence-electron chi connectivity index (χ1n) is 4.85. The van der Waals surface area contributed by atoms with Crippen LogP contribution in [0.15, 0.2) is 23.0 Å². The largest absolute Gasteiger partial charge is 0.472 e. The number of piperazine rings is 1. The number of rotatable bonds is 2. The van der Waals surface area contributed by atoms with E-state index in [4.69, 9.17) is 4.42 Å². The zero-order valence-electron chi connectivity index (χ0n) is 8.81. The van der Waals surface area contributed by atoms with Crippen LogP contribution < -0.4 is 5.32 Å². The highest BCUT2D eigenvalue weighted by atomic mass is 35.5. The lowest BCUT2D eigenvalue weighted by Crippen LogP contribution is -2.44. The first kappa shape index (κ1) is 14.8. The lowest BCUT2D eigenvalue weighted by molar-refractivity contribution is 0.185. The van der Waals surface area contributed by atoms with Gasteiger partial charge in [-0.05, 0) is 13.0 Å². The molecule has 1 saturated heterocycles. The Balaban J connectivity index is 0.000000980. The highest BCUT2D eigenvalue weighted by Crippen LogP contribution is 2.20. The lowest BCUT2D eigenvalue weighted by atomic mass is 10.1. The van der Waals surface area contributed by atoms with E-state index >= 15 is 0 Å². The maximum Gasteiger partial charge on any atom is 0.0950 e. The molecule has 2 heterocycles. The van der Waals surface area contributed by atoms with Gasteiger partial charge >= 0.3 is 0 Å². The molecule has 5 heteroatoms. The summed E-state index contributed by atoms with van der Waals surface area (Å²) in [5.41, 5.74) is 1.28. The van der Waals surface area contributed by atoms with Gasteiger partial charge in [0.1, 0.15) is 0 Å². The molecule has 88 valence electrons. The van der Waals surface area contributed by atoms with E-state index in [1.165, 1.54) is 5.56 Å². The van der Waals surface area contributed by atoms with E-state index in [-0.39, 0.29) is 24.8 Å². The molecule has 15 heavy (non-hydrogen) atoms. The van der Waals surface area contributed by atoms with Gasteiger partial charge in [-0.15, -0.1) is 24.8 Å². The molecule has 0 spiro atoms. The molecule has 3 nitrogen and oxygen atoms in total. The van der Waals surface area contributed by atoms with Gasteiger partial charge in [-0.1, -0.05) is 0 Å². The second kappa shape index (κ2) is 7.12. The van der Waals surface area contributed by atoms with E-state index in [1.54, 1.807) is 6.26 Å². The van der Waals surface area contributed by atoms with Crippen molar-refractivity contribution in [3.63, 3.8) is 0 Å². The minimum Gasteiger partial charge on any atom is -0.472 e. The van der Waals surface area contributed by atoms with Crippen LogP contribution in [0.3, 0.4) is 0 Å². The molecule has 1 aromatic rings. The Morgan fingerprint density at radius 1 is 1.33 bits per heavy atom. The fourth-order valence-electron chi connectivity index (χ4n) is 1.79. The van der Waals surface area contributed by atoms with Crippen molar-refractivity contribution in [3.8, 4) is 0 Å². The summed E-state index contributed by atoms with van der Waals surface area (Å²) in [5, 5.41) is 3.35. The molecule has 0 aliphatic carbocycles. The van der Waals surface area contributed by atoms with Crippen LogP contribution in [-0.4, -0.2) is 31.1 Å². The Morgan fingerprint density at radius 2 is 2.00 bits per heavy atom. The highest BCUT2D eigenvalue weighted by Gasteiger charge is 2.18. The average Bonchev–Trinajstić information content (AvgIpc) is 2.71. The van der Waals surface area contributed by atoms with Crippen molar-refractivity contribution >= 4 is 24.8 Å². The first-order chi connectivity index (χ1) is 6.38. The summed E-state index contributed by atoms with van der Waals surface area (Å²) in [6.45, 7) is 6.69. The van der Waals surface area contributed by atoms with Crippen LogP contribution in [0.1, 0.15) is 18.5 Å². The van der Waals surface area contributed by atoms with Crippen LogP contribution in [-0.2, 0) is 0 Å². The minimum absolute atomic E-state index is 0. The standard InChI is InChI=1S/C10H16N2O.2ClH/c1-9(10-2-7-13-8-10)12-5-3-11-4-6-12;;/h2,7-9,11H,3-6H2,1H3;2*1H/t9-;;/m1../s1. The van der Waals surface area contributed by atoms with Crippen molar-refractivity contribution in [2.24, 2.45) is 0 Å². The Hall–Kier alpha value is -0.220. The molecule has 2 rings (SSSR count). The summed E-state index contributed by atoms with van der Waals surface area (Å²) < 4.78 is 5.08. The van der Waals surface area contributed by atoms with Gasteiger partial charge < -0.3 is 9.73 Å². The molecule has 1 aliphatic heterocycles. The molecule has 0 unspecified atom stereocenters. The molecular formula is C10H18Cl2N2O. The summed E-state index contributed by atoms with van der Waals surface area (Å²) in [5.74, 6) is 0. The van der Waals surface area contributed by atoms with Crippen LogP contribution in [0.25, 0.3) is 0 Å². The van der Waals surface area contributed by atoms with Crippen molar-refractivity contribution in [3.05, 3.63) is 24.2 Å². The second-order valence-electron chi connectivity index (χ2n) is 3.52. The van der Waals surface area contributed by atoms with Gasteiger partial charge in [0.15, 0.2) is 0 Å². The molecule has 1 aliphatic rings. The number of hydrogen-bond donors (Lipinski definition) is 1. The van der Waals surface area contributed by atoms with Crippen LogP contribution in [0.4, 0.5) is 0 Å². The lowest BCUT2D eigenvalue weighted by Gasteiger charge is -2.32. The fraction of sp³-hybridized carbons (Fsp3) is 0.600. The molecule has 1 N–H and O–H groups in total. The van der Waals surface area contributed by atoms with Crippen LogP contribution in [0.2, 0.25) is 0 Å². The summed E-state index contributed by atoms with van der Waals surface area (Å²) >= 11 is 0. The Labute approximate surface area is 103 Å². The number of furan rings is 1. The van der Waals surface area contributed by atoms with Gasteiger partial charge in [-0.2, -0.15) is 0 Å². The summed E-state index contributed by atoms with van der Waals surface area (Å²) in [7, 11) is 0. The van der Waals surface area contributed by atoms with Crippen molar-refractivity contribution in [2.75, 3.05) is 26.2 Å². The summed E-state index contributed by atoms with van der Waals surface area (Å²) in [6.07, 6.45) is 3.58. The van der Waals surface area contributed by atoms with Crippen LogP contribution >= 0.6 is 24.8 Å². The van der Waals surface area contributed by atoms with Crippen molar-refractivity contribution in [1.29, 1.82) is 0 Å². The van der Waals surface area contributed by atoms with Gasteiger partial charge in [0.25, 0.3) is 0 Å². The normalized spacial score (nSPS) is 18.7. The predicted octanol–water partition coefficient (Wildman–Crippen LogP) is 2.09. The summed E-state index contributed by atoms with van der Waals surface area (Å²) in [6, 6.07) is 2.54. The van der Waals surface area contributed by atoms with Gasteiger partial charge in [-0.25, -0.2) is 0 Å². The van der Waals surface area contributed by atoms with E-state index < -0.39 is 0 Å². The van der Waals surface area contributed by atoms with Crippen molar-refractivity contribution in [2.45, 2.75) is 13.0 Å². The summed E-state index contributed by atoms with van der Waals surface area (Å²) in [4.78, 5) is 2.47. The molecule has 0 saturated carbocycles. The minimum atomic E-state index is 0. The Morgan fingerprint density at radius 3 is 2.53 bits per heavy atom. The first-order valence-corrected chi connectivity index (χ1v) is 4.85. The zero-order chi connectivity index (χ0) is 9.10. The molecule has 1 aromatic heterocycles. The molecule has 0 aromatic carbocycles. The number of halogens is 2. The number of nitrogens with zero attached hydrogens (tertiary/aromatic N) is 1. The third kappa shape index (κ3) is 3.68. The SMILES string of the molecule is C[C@H](c1ccoc1)N1CCNCC1.Cl.Cl. The monoisotopic (exact) mass is 252 g/mol. The molecular weight excluding hydrogens is 235 g/mol. The maximum atomic E-state index is 5.08. The predicted molar refractivity (Wildman–Crippen MR) is 66.1 cm³/mol. The van der Waals surface area contributed by atoms with E-state index in [0.717, 1.165) is 26.2 Å². The van der Waals surface area contributed by atoms with Gasteiger partial charge in [0, 0.05) is 37.8 Å². The topological polar surface area (TPSA) is 28.4 Å². The number of nitrogens with one attached hydrogen (secondary N) is 1. The zero-order valence-corrected chi connectivity index (χ0v) is 10.4. The molecule has 1 atom stereocenters. The van der Waals surface area contributed by atoms with Crippen LogP contribution in [0.5, 0.6) is 0 Å². The van der Waals surface area contributed by atoms with Crippen LogP contribution in [0, 0.1) is 0 Å². The molecule has 0 bridgehead atoms. The van der Waals surface area contributed by atoms with E-state index in [9.17, 15) is 0 Å². The highest BCUT2D eigenvalue weighted by molar-refractivity contribution is 5.85. The molecule has 1 fully saturated rings. The molecule has 0 radical (unpaired) electrons. The van der Waals surface area contributed by atoms with Gasteiger partial charge in [0.05, 0.1) is 12.5 Å². The van der Waals surface area contributed by atoms with E-state index in [2.05, 4.69) is 17.1 Å². The maximum absolute atomic E-state index is 5.08. The Bertz CT molecular complexity index is 248. The van der Waals surface area contributed by atoms with E-state index in [1.807, 2.05) is 12.3 Å². The van der Waals surface area contributed by atoms with Gasteiger partial charge in [-0.3, -0.25) is 4.90 Å². The third-order valence-corrected chi connectivity index (χ3v) is 2.72. The second-order valence-corrected chi connectivity index (χ2v) is 3.52. The molecule has 0 amide bonds. The quantitative estimate of drug-likeness (QED) is 0.874.